The van der Waals surface area contributed by atoms with Crippen LogP contribution in [0.25, 0.3) is 0 Å². The molecule has 5 nitrogen and oxygen atoms in total. The van der Waals surface area contributed by atoms with Gasteiger partial charge in [0.2, 0.25) is 5.91 Å². The Balaban J connectivity index is 1.72. The number of carbonyl (C=O) groups excluding carboxylic acids is 2. The maximum atomic E-state index is 12.0. The van der Waals surface area contributed by atoms with Crippen LogP contribution in [0.1, 0.15) is 42.2 Å². The topological polar surface area (TPSA) is 59.0 Å². The monoisotopic (exact) mass is 322 g/mol. The van der Waals surface area contributed by atoms with Gasteiger partial charge in [0.15, 0.2) is 0 Å². The maximum absolute atomic E-state index is 12.0. The number of hydrogen-bond acceptors (Lipinski definition) is 4. The Kier molecular flexibility index (Phi) is 4.42. The highest BCUT2D eigenvalue weighted by atomic mass is 16.5. The predicted molar refractivity (Wildman–Crippen MR) is 90.8 cm³/mol. The molecule has 1 aliphatic heterocycles. The summed E-state index contributed by atoms with van der Waals surface area (Å²) in [5, 5.41) is 5.77. The highest BCUT2D eigenvalue weighted by molar-refractivity contribution is 5.91. The summed E-state index contributed by atoms with van der Waals surface area (Å²) in [6.07, 6.45) is 0.711. The fourth-order valence-corrected chi connectivity index (χ4v) is 2.71. The van der Waals surface area contributed by atoms with Crippen molar-refractivity contribution in [2.75, 3.05) is 0 Å². The van der Waals surface area contributed by atoms with Crippen molar-refractivity contribution >= 4 is 17.6 Å². The second-order valence-electron chi connectivity index (χ2n) is 5.74. The molecule has 0 bridgehead atoms. The second kappa shape index (κ2) is 6.66. The molecule has 0 aliphatic carbocycles. The van der Waals surface area contributed by atoms with Crippen molar-refractivity contribution < 1.29 is 14.3 Å². The number of carbonyl (C=O) groups is 2. The largest absolute Gasteiger partial charge is 0.423 e. The fraction of sp³-hybridized carbons (Fsp3) is 0.211. The molecule has 3 rings (SSSR count). The van der Waals surface area contributed by atoms with Crippen LogP contribution in [0.2, 0.25) is 0 Å². The number of ether oxygens (including phenoxy) is 1. The Bertz CT molecular complexity index is 782. The van der Waals surface area contributed by atoms with Gasteiger partial charge >= 0.3 is 5.97 Å². The van der Waals surface area contributed by atoms with Gasteiger partial charge in [-0.25, -0.2) is 9.80 Å². The molecule has 1 atom stereocenters. The van der Waals surface area contributed by atoms with E-state index in [4.69, 9.17) is 4.74 Å². The van der Waals surface area contributed by atoms with Crippen LogP contribution in [0.5, 0.6) is 5.75 Å². The summed E-state index contributed by atoms with van der Waals surface area (Å²) >= 11 is 0. The number of esters is 1. The van der Waals surface area contributed by atoms with Crippen LogP contribution in [-0.2, 0) is 4.79 Å². The van der Waals surface area contributed by atoms with E-state index in [1.807, 2.05) is 25.1 Å². The molecule has 2 aromatic rings. The second-order valence-corrected chi connectivity index (χ2v) is 5.74. The van der Waals surface area contributed by atoms with Crippen LogP contribution in [-0.4, -0.2) is 22.6 Å². The predicted octanol–water partition coefficient (Wildman–Crippen LogP) is 3.58. The molecule has 24 heavy (non-hydrogen) atoms. The lowest BCUT2D eigenvalue weighted by Gasteiger charge is -2.20. The number of hydrazone groups is 1. The average Bonchev–Trinajstić information content (AvgIpc) is 2.98. The lowest BCUT2D eigenvalue weighted by Crippen LogP contribution is -2.24. The molecule has 0 N–H and O–H groups in total. The van der Waals surface area contributed by atoms with Crippen molar-refractivity contribution in [1.29, 1.82) is 0 Å². The third-order valence-electron chi connectivity index (χ3n) is 3.87. The molecule has 0 fully saturated rings. The Morgan fingerprint density at radius 2 is 1.75 bits per heavy atom. The minimum Gasteiger partial charge on any atom is -0.423 e. The first-order valence-corrected chi connectivity index (χ1v) is 7.75. The zero-order valence-corrected chi connectivity index (χ0v) is 13.6. The van der Waals surface area contributed by atoms with E-state index in [0.29, 0.717) is 17.7 Å². The number of hydrogen-bond donors (Lipinski definition) is 0. The van der Waals surface area contributed by atoms with Gasteiger partial charge in [-0.15, -0.1) is 0 Å². The first kappa shape index (κ1) is 15.9. The molecule has 0 aromatic heterocycles. The molecule has 5 heteroatoms. The van der Waals surface area contributed by atoms with E-state index in [-0.39, 0.29) is 11.9 Å². The van der Waals surface area contributed by atoms with Crippen molar-refractivity contribution in [3.05, 3.63) is 65.7 Å². The van der Waals surface area contributed by atoms with Gasteiger partial charge in [0.25, 0.3) is 0 Å². The quantitative estimate of drug-likeness (QED) is 0.641. The van der Waals surface area contributed by atoms with Gasteiger partial charge in [-0.1, -0.05) is 30.3 Å². The molecule has 2 aromatic carbocycles. The van der Waals surface area contributed by atoms with Gasteiger partial charge in [0.1, 0.15) is 5.75 Å². The van der Waals surface area contributed by atoms with Gasteiger partial charge in [0, 0.05) is 19.1 Å². The molecule has 0 saturated heterocycles. The third-order valence-corrected chi connectivity index (χ3v) is 3.87. The first-order valence-electron chi connectivity index (χ1n) is 7.75. The van der Waals surface area contributed by atoms with E-state index in [1.54, 1.807) is 36.4 Å². The Labute approximate surface area is 140 Å². The fourth-order valence-electron chi connectivity index (χ4n) is 2.71. The van der Waals surface area contributed by atoms with E-state index in [2.05, 4.69) is 5.10 Å². The summed E-state index contributed by atoms with van der Waals surface area (Å²) in [4.78, 5) is 23.7. The van der Waals surface area contributed by atoms with E-state index in [9.17, 15) is 9.59 Å². The van der Waals surface area contributed by atoms with Crippen LogP contribution in [0.15, 0.2) is 59.7 Å². The first-order chi connectivity index (χ1) is 11.5. The van der Waals surface area contributed by atoms with Crippen molar-refractivity contribution in [2.45, 2.75) is 26.3 Å². The van der Waals surface area contributed by atoms with E-state index < -0.39 is 5.97 Å². The molecule has 1 heterocycles. The van der Waals surface area contributed by atoms with Crippen molar-refractivity contribution in [2.24, 2.45) is 5.10 Å². The minimum absolute atomic E-state index is 0.0866. The van der Waals surface area contributed by atoms with Gasteiger partial charge in [0.05, 0.1) is 11.6 Å². The smallest absolute Gasteiger partial charge is 0.343 e. The van der Waals surface area contributed by atoms with Crippen molar-refractivity contribution in [3.8, 4) is 5.75 Å². The summed E-state index contributed by atoms with van der Waals surface area (Å²) in [6, 6.07) is 15.9. The van der Waals surface area contributed by atoms with Crippen LogP contribution >= 0.6 is 0 Å². The lowest BCUT2D eigenvalue weighted by molar-refractivity contribution is -0.130. The minimum atomic E-state index is -0.395. The summed E-state index contributed by atoms with van der Waals surface area (Å²) in [7, 11) is 0. The molecular formula is C19H18N2O3. The van der Waals surface area contributed by atoms with Gasteiger partial charge in [-0.3, -0.25) is 4.79 Å². The third kappa shape index (κ3) is 3.35. The average molecular weight is 322 g/mol. The Morgan fingerprint density at radius 1 is 1.08 bits per heavy atom. The van der Waals surface area contributed by atoms with E-state index in [0.717, 1.165) is 11.3 Å². The highest BCUT2D eigenvalue weighted by Gasteiger charge is 2.28. The number of benzene rings is 2. The normalized spacial score (nSPS) is 16.7. The molecule has 122 valence electrons. The number of rotatable bonds is 3. The Morgan fingerprint density at radius 3 is 2.38 bits per heavy atom. The standard InChI is InChI=1S/C19H18N2O3/c1-13-12-18(21(20-13)14(2)22)15-8-10-17(11-9-15)24-19(23)16-6-4-3-5-7-16/h3-11,18H,12H2,1-2H3. The molecule has 0 radical (unpaired) electrons. The SMILES string of the molecule is CC(=O)N1N=C(C)CC1c1ccc(OC(=O)c2ccccc2)cc1. The molecule has 0 spiro atoms. The van der Waals surface area contributed by atoms with Crippen molar-refractivity contribution in [3.63, 3.8) is 0 Å². The number of nitrogens with zero attached hydrogens (tertiary/aromatic N) is 2. The van der Waals surface area contributed by atoms with Crippen LogP contribution < -0.4 is 4.74 Å². The summed E-state index contributed by atoms with van der Waals surface area (Å²) in [6.45, 7) is 3.41. The molecule has 0 saturated carbocycles. The Hall–Kier alpha value is -2.95. The van der Waals surface area contributed by atoms with E-state index >= 15 is 0 Å². The zero-order valence-electron chi connectivity index (χ0n) is 13.6. The lowest BCUT2D eigenvalue weighted by atomic mass is 10.0. The molecule has 1 amide bonds. The summed E-state index contributed by atoms with van der Waals surface area (Å²) in [5.74, 6) is -0.0113. The van der Waals surface area contributed by atoms with Crippen LogP contribution in [0, 0.1) is 0 Å². The maximum Gasteiger partial charge on any atom is 0.343 e. The zero-order chi connectivity index (χ0) is 17.1. The van der Waals surface area contributed by atoms with Crippen LogP contribution in [0.3, 0.4) is 0 Å². The van der Waals surface area contributed by atoms with E-state index in [1.165, 1.54) is 11.9 Å². The van der Waals surface area contributed by atoms with Crippen LogP contribution in [0.4, 0.5) is 0 Å². The van der Waals surface area contributed by atoms with Gasteiger partial charge < -0.3 is 4.74 Å². The molecule has 1 unspecified atom stereocenters. The molecule has 1 aliphatic rings. The van der Waals surface area contributed by atoms with Gasteiger partial charge in [-0.05, 0) is 36.8 Å². The molecular weight excluding hydrogens is 304 g/mol. The van der Waals surface area contributed by atoms with Gasteiger partial charge in [-0.2, -0.15) is 5.10 Å². The summed E-state index contributed by atoms with van der Waals surface area (Å²) < 4.78 is 5.37. The summed E-state index contributed by atoms with van der Waals surface area (Å²) in [5.41, 5.74) is 2.39. The van der Waals surface area contributed by atoms with Crippen molar-refractivity contribution in [1.82, 2.24) is 5.01 Å². The number of amides is 1. The highest BCUT2D eigenvalue weighted by Crippen LogP contribution is 2.31.